The van der Waals surface area contributed by atoms with Crippen molar-refractivity contribution in [2.45, 2.75) is 20.3 Å². The van der Waals surface area contributed by atoms with Gasteiger partial charge >= 0.3 is 0 Å². The van der Waals surface area contributed by atoms with Gasteiger partial charge < -0.3 is 10.6 Å². The van der Waals surface area contributed by atoms with Crippen LogP contribution in [0.2, 0.25) is 0 Å². The molecule has 0 radical (unpaired) electrons. The van der Waals surface area contributed by atoms with E-state index in [4.69, 9.17) is 0 Å². The SMILES string of the molecule is CC(C)CCNC(=O)CNC(=O)c1cccnc1. The third-order valence-electron chi connectivity index (χ3n) is 2.38. The molecule has 0 aliphatic heterocycles. The van der Waals surface area contributed by atoms with E-state index in [-0.39, 0.29) is 18.4 Å². The molecule has 1 aromatic heterocycles. The first-order chi connectivity index (χ1) is 8.59. The largest absolute Gasteiger partial charge is 0.355 e. The highest BCUT2D eigenvalue weighted by Gasteiger charge is 2.07. The second-order valence-electron chi connectivity index (χ2n) is 4.46. The zero-order valence-electron chi connectivity index (χ0n) is 10.8. The van der Waals surface area contributed by atoms with Gasteiger partial charge in [0.2, 0.25) is 5.91 Å². The first kappa shape index (κ1) is 14.2. The molecule has 18 heavy (non-hydrogen) atoms. The number of carbonyl (C=O) groups is 2. The number of amides is 2. The van der Waals surface area contributed by atoms with Gasteiger partial charge in [-0.3, -0.25) is 14.6 Å². The summed E-state index contributed by atoms with van der Waals surface area (Å²) in [5.74, 6) is 0.0882. The standard InChI is InChI=1S/C13H19N3O2/c1-10(2)5-7-15-12(17)9-16-13(18)11-4-3-6-14-8-11/h3-4,6,8,10H,5,7,9H2,1-2H3,(H,15,17)(H,16,18). The summed E-state index contributed by atoms with van der Waals surface area (Å²) in [6.07, 6.45) is 3.99. The zero-order valence-corrected chi connectivity index (χ0v) is 10.8. The maximum absolute atomic E-state index is 11.6. The van der Waals surface area contributed by atoms with Crippen molar-refractivity contribution in [2.75, 3.05) is 13.1 Å². The van der Waals surface area contributed by atoms with Crippen LogP contribution in [0, 0.1) is 5.92 Å². The summed E-state index contributed by atoms with van der Waals surface area (Å²) in [7, 11) is 0. The molecule has 5 nitrogen and oxygen atoms in total. The Kier molecular flexibility index (Phi) is 5.84. The van der Waals surface area contributed by atoms with Crippen molar-refractivity contribution in [3.8, 4) is 0 Å². The molecule has 0 saturated carbocycles. The highest BCUT2D eigenvalue weighted by molar-refractivity contribution is 5.96. The molecule has 0 fully saturated rings. The van der Waals surface area contributed by atoms with Crippen LogP contribution in [0.4, 0.5) is 0 Å². The number of carbonyl (C=O) groups excluding carboxylic acids is 2. The molecule has 1 heterocycles. The molecule has 98 valence electrons. The molecule has 0 saturated heterocycles. The Morgan fingerprint density at radius 1 is 1.33 bits per heavy atom. The highest BCUT2D eigenvalue weighted by atomic mass is 16.2. The molecule has 2 N–H and O–H groups in total. The molecule has 0 bridgehead atoms. The van der Waals surface area contributed by atoms with Crippen LogP contribution in [0.1, 0.15) is 30.6 Å². The van der Waals surface area contributed by atoms with Crippen LogP contribution in [0.15, 0.2) is 24.5 Å². The smallest absolute Gasteiger partial charge is 0.253 e. The van der Waals surface area contributed by atoms with E-state index in [9.17, 15) is 9.59 Å². The lowest BCUT2D eigenvalue weighted by molar-refractivity contribution is -0.120. The molecule has 0 aromatic carbocycles. The normalized spacial score (nSPS) is 10.2. The number of pyridine rings is 1. The average Bonchev–Trinajstić information content (AvgIpc) is 2.36. The van der Waals surface area contributed by atoms with Gasteiger partial charge in [0.1, 0.15) is 0 Å². The second-order valence-corrected chi connectivity index (χ2v) is 4.46. The van der Waals surface area contributed by atoms with Gasteiger partial charge in [0.25, 0.3) is 5.91 Å². The van der Waals surface area contributed by atoms with Gasteiger partial charge in [-0.25, -0.2) is 0 Å². The maximum Gasteiger partial charge on any atom is 0.253 e. The fourth-order valence-electron chi connectivity index (χ4n) is 1.32. The minimum Gasteiger partial charge on any atom is -0.355 e. The highest BCUT2D eigenvalue weighted by Crippen LogP contribution is 1.96. The monoisotopic (exact) mass is 249 g/mol. The molecule has 2 amide bonds. The number of aromatic nitrogens is 1. The van der Waals surface area contributed by atoms with E-state index in [2.05, 4.69) is 29.5 Å². The summed E-state index contributed by atoms with van der Waals surface area (Å²) in [4.78, 5) is 26.9. The van der Waals surface area contributed by atoms with Gasteiger partial charge in [-0.15, -0.1) is 0 Å². The summed E-state index contributed by atoms with van der Waals surface area (Å²) in [5, 5.41) is 5.30. The zero-order chi connectivity index (χ0) is 13.4. The Morgan fingerprint density at radius 2 is 2.11 bits per heavy atom. The van der Waals surface area contributed by atoms with E-state index in [0.29, 0.717) is 18.0 Å². The van der Waals surface area contributed by atoms with Crippen LogP contribution in [-0.2, 0) is 4.79 Å². The fraction of sp³-hybridized carbons (Fsp3) is 0.462. The van der Waals surface area contributed by atoms with Crippen LogP contribution >= 0.6 is 0 Å². The first-order valence-electron chi connectivity index (χ1n) is 6.04. The van der Waals surface area contributed by atoms with E-state index < -0.39 is 0 Å². The van der Waals surface area contributed by atoms with Crippen molar-refractivity contribution < 1.29 is 9.59 Å². The van der Waals surface area contributed by atoms with Gasteiger partial charge in [-0.1, -0.05) is 13.8 Å². The lowest BCUT2D eigenvalue weighted by atomic mass is 10.1. The third-order valence-corrected chi connectivity index (χ3v) is 2.38. The Morgan fingerprint density at radius 3 is 2.72 bits per heavy atom. The molecule has 5 heteroatoms. The summed E-state index contributed by atoms with van der Waals surface area (Å²) >= 11 is 0. The molecular formula is C13H19N3O2. The molecule has 1 rings (SSSR count). The predicted molar refractivity (Wildman–Crippen MR) is 69.0 cm³/mol. The first-order valence-corrected chi connectivity index (χ1v) is 6.04. The Bertz CT molecular complexity index is 390. The van der Waals surface area contributed by atoms with E-state index in [1.165, 1.54) is 6.20 Å². The van der Waals surface area contributed by atoms with E-state index in [1.807, 2.05) is 0 Å². The summed E-state index contributed by atoms with van der Waals surface area (Å²) in [5.41, 5.74) is 0.451. The molecule has 1 aromatic rings. The molecule has 0 aliphatic carbocycles. The number of rotatable bonds is 6. The minimum atomic E-state index is -0.290. The molecule has 0 unspecified atom stereocenters. The van der Waals surface area contributed by atoms with Crippen LogP contribution in [0.25, 0.3) is 0 Å². The third kappa shape index (κ3) is 5.43. The summed E-state index contributed by atoms with van der Waals surface area (Å²) in [6.45, 7) is 4.82. The van der Waals surface area contributed by atoms with Gasteiger partial charge in [-0.2, -0.15) is 0 Å². The topological polar surface area (TPSA) is 71.1 Å². The lowest BCUT2D eigenvalue weighted by Crippen LogP contribution is -2.37. The van der Waals surface area contributed by atoms with Crippen molar-refractivity contribution in [1.82, 2.24) is 15.6 Å². The Hall–Kier alpha value is -1.91. The molecule has 0 spiro atoms. The quantitative estimate of drug-likeness (QED) is 0.789. The van der Waals surface area contributed by atoms with Crippen LogP contribution < -0.4 is 10.6 Å². The van der Waals surface area contributed by atoms with E-state index in [1.54, 1.807) is 18.3 Å². The summed E-state index contributed by atoms with van der Waals surface area (Å²) < 4.78 is 0. The fourth-order valence-corrected chi connectivity index (χ4v) is 1.32. The maximum atomic E-state index is 11.6. The molecule has 0 aliphatic rings. The van der Waals surface area contributed by atoms with Crippen LogP contribution in [-0.4, -0.2) is 29.9 Å². The van der Waals surface area contributed by atoms with Gasteiger partial charge in [0.05, 0.1) is 12.1 Å². The van der Waals surface area contributed by atoms with E-state index >= 15 is 0 Å². The van der Waals surface area contributed by atoms with Crippen molar-refractivity contribution >= 4 is 11.8 Å². The van der Waals surface area contributed by atoms with Crippen molar-refractivity contribution in [1.29, 1.82) is 0 Å². The average molecular weight is 249 g/mol. The van der Waals surface area contributed by atoms with Crippen molar-refractivity contribution in [3.05, 3.63) is 30.1 Å². The molecule has 0 atom stereocenters. The van der Waals surface area contributed by atoms with Crippen molar-refractivity contribution in [3.63, 3.8) is 0 Å². The van der Waals surface area contributed by atoms with Crippen LogP contribution in [0.3, 0.4) is 0 Å². The Balaban J connectivity index is 2.24. The summed E-state index contributed by atoms with van der Waals surface area (Å²) in [6, 6.07) is 3.33. The molecular weight excluding hydrogens is 230 g/mol. The van der Waals surface area contributed by atoms with Gasteiger partial charge in [-0.05, 0) is 24.5 Å². The van der Waals surface area contributed by atoms with Crippen LogP contribution in [0.5, 0.6) is 0 Å². The number of hydrogen-bond donors (Lipinski definition) is 2. The number of hydrogen-bond acceptors (Lipinski definition) is 3. The van der Waals surface area contributed by atoms with Gasteiger partial charge in [0, 0.05) is 18.9 Å². The lowest BCUT2D eigenvalue weighted by Gasteiger charge is -2.08. The minimum absolute atomic E-state index is 0.00811. The van der Waals surface area contributed by atoms with Gasteiger partial charge in [0.15, 0.2) is 0 Å². The number of nitrogens with zero attached hydrogens (tertiary/aromatic N) is 1. The Labute approximate surface area is 107 Å². The number of nitrogens with one attached hydrogen (secondary N) is 2. The second kappa shape index (κ2) is 7.42. The van der Waals surface area contributed by atoms with Crippen molar-refractivity contribution in [2.24, 2.45) is 5.92 Å². The van der Waals surface area contributed by atoms with E-state index in [0.717, 1.165) is 6.42 Å². The predicted octanol–water partition coefficient (Wildman–Crippen LogP) is 0.974.